The fraction of sp³-hybridized carbons (Fsp3) is 0.609. The molecule has 4 heterocycles. The van der Waals surface area contributed by atoms with Gasteiger partial charge in [0.1, 0.15) is 0 Å². The third kappa shape index (κ3) is 6.78. The van der Waals surface area contributed by atoms with Gasteiger partial charge < -0.3 is 19.9 Å². The standard InChI is InChI=1S/C23H27F6N7O3/c1-13(33-17-10-32-34-21(38)19(17)23(27,28)29)12-39-7-3-18(37)35-5-6-36-15(11-35)2-4-30-16-8-14(22(24,25)26)9-31-20(16)36/h8-10,13,15,19,30H,2-7,11-12H2,1H3,(H,34,38)/t13-,15+,19?/m0/s1. The summed E-state index contributed by atoms with van der Waals surface area (Å²) in [5, 5.41) is 6.39. The molecule has 1 aromatic heterocycles. The Hall–Kier alpha value is -3.43. The predicted octanol–water partition coefficient (Wildman–Crippen LogP) is 2.46. The van der Waals surface area contributed by atoms with Crippen LogP contribution in [0.1, 0.15) is 25.3 Å². The number of anilines is 2. The van der Waals surface area contributed by atoms with Crippen LogP contribution in [0.5, 0.6) is 0 Å². The molecule has 1 fully saturated rings. The van der Waals surface area contributed by atoms with Crippen molar-refractivity contribution in [1.29, 1.82) is 0 Å². The van der Waals surface area contributed by atoms with Crippen LogP contribution in [0, 0.1) is 5.92 Å². The van der Waals surface area contributed by atoms with Crippen molar-refractivity contribution in [3.8, 4) is 0 Å². The first-order valence-electron chi connectivity index (χ1n) is 12.2. The molecule has 1 aromatic rings. The number of halogens is 6. The SMILES string of the molecule is C[C@@H](COCCC(=O)N1CCN2c3ncc(C(F)(F)F)cc3NCC[C@@H]2C1)N=C1C=NNC(=O)C1C(F)(F)F. The lowest BCUT2D eigenvalue weighted by atomic mass is 10.0. The molecule has 3 atom stereocenters. The van der Waals surface area contributed by atoms with Gasteiger partial charge in [-0.25, -0.2) is 10.4 Å². The van der Waals surface area contributed by atoms with Crippen molar-refractivity contribution in [2.45, 2.75) is 44.2 Å². The highest BCUT2D eigenvalue weighted by Gasteiger charge is 2.49. The quantitative estimate of drug-likeness (QED) is 0.407. The molecule has 1 unspecified atom stereocenters. The molecule has 4 rings (SSSR count). The highest BCUT2D eigenvalue weighted by atomic mass is 19.4. The average molecular weight is 564 g/mol. The van der Waals surface area contributed by atoms with Crippen LogP contribution in [-0.4, -0.2) is 91.3 Å². The normalized spacial score (nSPS) is 23.5. The Bertz CT molecular complexity index is 1140. The molecule has 214 valence electrons. The number of alkyl halides is 6. The number of hydrazone groups is 1. The van der Waals surface area contributed by atoms with Crippen molar-refractivity contribution in [1.82, 2.24) is 15.3 Å². The smallest absolute Gasteiger partial charge is 0.382 e. The minimum Gasteiger partial charge on any atom is -0.382 e. The van der Waals surface area contributed by atoms with Gasteiger partial charge in [0, 0.05) is 38.4 Å². The molecular formula is C23H27F6N7O3. The number of piperazine rings is 1. The number of hydrogen-bond acceptors (Lipinski definition) is 8. The molecule has 0 spiro atoms. The summed E-state index contributed by atoms with van der Waals surface area (Å²) < 4.78 is 84.3. The summed E-state index contributed by atoms with van der Waals surface area (Å²) in [6, 6.07) is 0.197. The van der Waals surface area contributed by atoms with Gasteiger partial charge in [0.25, 0.3) is 5.91 Å². The molecule has 16 heteroatoms. The van der Waals surface area contributed by atoms with E-state index in [1.165, 1.54) is 6.92 Å². The van der Waals surface area contributed by atoms with Crippen LogP contribution in [0.15, 0.2) is 22.4 Å². The van der Waals surface area contributed by atoms with E-state index in [0.29, 0.717) is 44.1 Å². The summed E-state index contributed by atoms with van der Waals surface area (Å²) in [6.45, 7) is 3.00. The lowest BCUT2D eigenvalue weighted by molar-refractivity contribution is -0.168. The summed E-state index contributed by atoms with van der Waals surface area (Å²) in [7, 11) is 0. The number of fused-ring (bicyclic) bond motifs is 3. The van der Waals surface area contributed by atoms with Crippen LogP contribution in [0.2, 0.25) is 0 Å². The molecule has 0 bridgehead atoms. The number of aromatic nitrogens is 1. The number of pyridine rings is 1. The first kappa shape index (κ1) is 28.6. The topological polar surface area (TPSA) is 112 Å². The first-order valence-corrected chi connectivity index (χ1v) is 12.2. The number of hydrogen-bond donors (Lipinski definition) is 2. The fourth-order valence-electron chi connectivity index (χ4n) is 4.68. The van der Waals surface area contributed by atoms with E-state index in [9.17, 15) is 35.9 Å². The van der Waals surface area contributed by atoms with E-state index in [-0.39, 0.29) is 31.6 Å². The van der Waals surface area contributed by atoms with Gasteiger partial charge in [-0.15, -0.1) is 0 Å². The van der Waals surface area contributed by atoms with Crippen LogP contribution in [0.3, 0.4) is 0 Å². The monoisotopic (exact) mass is 563 g/mol. The third-order valence-corrected chi connectivity index (χ3v) is 6.54. The molecule has 2 N–H and O–H groups in total. The van der Waals surface area contributed by atoms with E-state index in [4.69, 9.17) is 4.74 Å². The number of nitrogens with one attached hydrogen (secondary N) is 2. The molecule has 0 aromatic carbocycles. The summed E-state index contributed by atoms with van der Waals surface area (Å²) in [5.41, 5.74) is 0.734. The zero-order valence-electron chi connectivity index (χ0n) is 20.8. The number of nitrogens with zero attached hydrogens (tertiary/aromatic N) is 5. The van der Waals surface area contributed by atoms with Crippen molar-refractivity contribution < 1.29 is 40.7 Å². The van der Waals surface area contributed by atoms with Crippen LogP contribution in [0.25, 0.3) is 0 Å². The van der Waals surface area contributed by atoms with Gasteiger partial charge in [-0.05, 0) is 19.4 Å². The Morgan fingerprint density at radius 1 is 1.26 bits per heavy atom. The molecule has 10 nitrogen and oxygen atoms in total. The Morgan fingerprint density at radius 2 is 2.03 bits per heavy atom. The Balaban J connectivity index is 1.27. The minimum absolute atomic E-state index is 0.0162. The summed E-state index contributed by atoms with van der Waals surface area (Å²) in [5.74, 6) is -3.48. The van der Waals surface area contributed by atoms with Crippen LogP contribution in [0.4, 0.5) is 37.8 Å². The molecular weight excluding hydrogens is 536 g/mol. The Labute approximate surface area is 219 Å². The number of carbonyl (C=O) groups is 2. The highest BCUT2D eigenvalue weighted by molar-refractivity contribution is 6.37. The largest absolute Gasteiger partial charge is 0.417 e. The first-order chi connectivity index (χ1) is 18.3. The lowest BCUT2D eigenvalue weighted by Crippen LogP contribution is -2.55. The molecule has 0 aliphatic carbocycles. The fourth-order valence-corrected chi connectivity index (χ4v) is 4.68. The maximum Gasteiger partial charge on any atom is 0.417 e. The van der Waals surface area contributed by atoms with Gasteiger partial charge in [0.05, 0.1) is 48.9 Å². The van der Waals surface area contributed by atoms with Crippen molar-refractivity contribution in [3.63, 3.8) is 0 Å². The molecule has 0 radical (unpaired) electrons. The number of amides is 2. The average Bonchev–Trinajstić information content (AvgIpc) is 3.03. The second kappa shape index (κ2) is 11.4. The third-order valence-electron chi connectivity index (χ3n) is 6.54. The number of carbonyl (C=O) groups excluding carboxylic acids is 2. The van der Waals surface area contributed by atoms with Gasteiger partial charge in [0.2, 0.25) is 5.91 Å². The second-order valence-corrected chi connectivity index (χ2v) is 9.43. The highest BCUT2D eigenvalue weighted by Crippen LogP contribution is 2.36. The zero-order chi connectivity index (χ0) is 28.4. The molecule has 39 heavy (non-hydrogen) atoms. The summed E-state index contributed by atoms with van der Waals surface area (Å²) >= 11 is 0. The maximum absolute atomic E-state index is 13.2. The second-order valence-electron chi connectivity index (χ2n) is 9.43. The van der Waals surface area contributed by atoms with E-state index >= 15 is 0 Å². The number of rotatable bonds is 6. The Morgan fingerprint density at radius 3 is 2.74 bits per heavy atom. The van der Waals surface area contributed by atoms with Crippen molar-refractivity contribution >= 4 is 35.2 Å². The molecule has 2 amide bonds. The van der Waals surface area contributed by atoms with Gasteiger partial charge in [-0.1, -0.05) is 0 Å². The van der Waals surface area contributed by atoms with Gasteiger partial charge in [-0.2, -0.15) is 31.4 Å². The molecule has 0 saturated carbocycles. The van der Waals surface area contributed by atoms with Crippen LogP contribution in [-0.2, 0) is 20.5 Å². The Kier molecular flexibility index (Phi) is 8.32. The van der Waals surface area contributed by atoms with Crippen molar-refractivity contribution in [2.24, 2.45) is 16.0 Å². The van der Waals surface area contributed by atoms with E-state index in [1.807, 2.05) is 4.90 Å². The zero-order valence-corrected chi connectivity index (χ0v) is 20.8. The van der Waals surface area contributed by atoms with E-state index in [1.54, 1.807) is 10.3 Å². The van der Waals surface area contributed by atoms with E-state index < -0.39 is 41.5 Å². The molecule has 3 aliphatic rings. The maximum atomic E-state index is 13.2. The van der Waals surface area contributed by atoms with Gasteiger partial charge in [0.15, 0.2) is 11.7 Å². The summed E-state index contributed by atoms with van der Waals surface area (Å²) in [4.78, 5) is 35.9. The van der Waals surface area contributed by atoms with Crippen LogP contribution < -0.4 is 15.6 Å². The van der Waals surface area contributed by atoms with Gasteiger partial charge in [-0.3, -0.25) is 14.6 Å². The minimum atomic E-state index is -4.82. The van der Waals surface area contributed by atoms with E-state index in [0.717, 1.165) is 18.5 Å². The lowest BCUT2D eigenvalue weighted by Gasteiger charge is -2.41. The predicted molar refractivity (Wildman–Crippen MR) is 129 cm³/mol. The van der Waals surface area contributed by atoms with Crippen molar-refractivity contribution in [3.05, 3.63) is 17.8 Å². The van der Waals surface area contributed by atoms with Gasteiger partial charge >= 0.3 is 12.4 Å². The summed E-state index contributed by atoms with van der Waals surface area (Å²) in [6.07, 6.45) is -7.03. The van der Waals surface area contributed by atoms with Crippen molar-refractivity contribution in [2.75, 3.05) is 49.6 Å². The van der Waals surface area contributed by atoms with E-state index in [2.05, 4.69) is 20.4 Å². The number of ether oxygens (including phenoxy) is 1. The van der Waals surface area contributed by atoms with Crippen LogP contribution >= 0.6 is 0 Å². The molecule has 1 saturated heterocycles. The number of aliphatic imine (C=N–C) groups is 1. The molecule has 3 aliphatic heterocycles.